The van der Waals surface area contributed by atoms with Gasteiger partial charge in [-0.2, -0.15) is 0 Å². The average Bonchev–Trinajstić information content (AvgIpc) is 3.17. The van der Waals surface area contributed by atoms with Crippen LogP contribution in [0.25, 0.3) is 16.8 Å². The van der Waals surface area contributed by atoms with Crippen LogP contribution in [0.4, 0.5) is 5.69 Å². The number of anilines is 1. The number of benzene rings is 2. The van der Waals surface area contributed by atoms with E-state index in [9.17, 15) is 5.11 Å². The summed E-state index contributed by atoms with van der Waals surface area (Å²) in [6, 6.07) is 15.1. The number of aliphatic hydroxyl groups is 1. The molecule has 4 nitrogen and oxygen atoms in total. The van der Waals surface area contributed by atoms with E-state index >= 15 is 0 Å². The van der Waals surface area contributed by atoms with Gasteiger partial charge in [-0.3, -0.25) is 5.41 Å². The van der Waals surface area contributed by atoms with Gasteiger partial charge in [0.15, 0.2) is 0 Å². The topological polar surface area (TPSA) is 60.2 Å². The molecule has 1 aliphatic rings. The van der Waals surface area contributed by atoms with E-state index < -0.39 is 0 Å². The highest BCUT2D eigenvalue weighted by Crippen LogP contribution is 2.40. The van der Waals surface area contributed by atoms with Gasteiger partial charge >= 0.3 is 0 Å². The molecule has 0 saturated carbocycles. The van der Waals surface area contributed by atoms with Gasteiger partial charge in [-0.05, 0) is 19.1 Å². The van der Waals surface area contributed by atoms with E-state index in [1.54, 1.807) is 23.1 Å². The first-order valence-electron chi connectivity index (χ1n) is 8.23. The predicted molar refractivity (Wildman–Crippen MR) is 113 cm³/mol. The van der Waals surface area contributed by atoms with E-state index in [1.807, 2.05) is 37.3 Å². The zero-order valence-corrected chi connectivity index (χ0v) is 16.7. The van der Waals surface area contributed by atoms with Crippen molar-refractivity contribution in [2.75, 3.05) is 11.4 Å². The Labute approximate surface area is 170 Å². The smallest absolute Gasteiger partial charge is 0.139 e. The lowest BCUT2D eigenvalue weighted by molar-refractivity contribution is 0.411. The first-order chi connectivity index (χ1) is 13.0. The molecule has 4 rings (SSSR count). The van der Waals surface area contributed by atoms with Gasteiger partial charge in [0, 0.05) is 10.4 Å². The summed E-state index contributed by atoms with van der Waals surface area (Å²) in [5.41, 5.74) is 2.90. The number of rotatable bonds is 3. The van der Waals surface area contributed by atoms with E-state index in [2.05, 4.69) is 0 Å². The molecule has 7 heteroatoms. The van der Waals surface area contributed by atoms with Gasteiger partial charge in [-0.1, -0.05) is 59.6 Å². The fourth-order valence-electron chi connectivity index (χ4n) is 3.08. The summed E-state index contributed by atoms with van der Waals surface area (Å²) in [4.78, 5) is 7.37. The van der Waals surface area contributed by atoms with E-state index in [0.29, 0.717) is 26.3 Å². The maximum absolute atomic E-state index is 10.6. The lowest BCUT2D eigenvalue weighted by atomic mass is 10.1. The molecule has 0 atom stereocenters. The maximum Gasteiger partial charge on any atom is 0.139 e. The Morgan fingerprint density at radius 3 is 2.59 bits per heavy atom. The van der Waals surface area contributed by atoms with Gasteiger partial charge < -0.3 is 10.0 Å². The number of aliphatic hydroxyl groups excluding tert-OH is 1. The van der Waals surface area contributed by atoms with Gasteiger partial charge in [0.05, 0.1) is 33.5 Å². The summed E-state index contributed by atoms with van der Waals surface area (Å²) < 4.78 is 0. The monoisotopic (exact) mass is 415 g/mol. The molecule has 3 aromatic rings. The van der Waals surface area contributed by atoms with Crippen LogP contribution in [0.15, 0.2) is 54.3 Å². The molecule has 0 amide bonds. The lowest BCUT2D eigenvalue weighted by Gasteiger charge is -2.20. The average molecular weight is 416 g/mol. The Morgan fingerprint density at radius 2 is 1.85 bits per heavy atom. The van der Waals surface area contributed by atoms with Crippen LogP contribution in [-0.4, -0.2) is 22.5 Å². The molecule has 0 fully saturated rings. The summed E-state index contributed by atoms with van der Waals surface area (Å²) in [5.74, 6) is 0.259. The second-order valence-electron chi connectivity index (χ2n) is 6.12. The van der Waals surface area contributed by atoms with Crippen LogP contribution < -0.4 is 4.90 Å². The standard InChI is InChI=1S/C20H15Cl2N3OS/c1-11-18(12-6-3-2-4-7-12)24-20(27-11)16-15(26)10-25(19(16)23)14-9-5-8-13(21)17(14)22/h2-9,23,26H,10H2,1H3. The molecule has 0 unspecified atom stereocenters. The highest BCUT2D eigenvalue weighted by atomic mass is 35.5. The van der Waals surface area contributed by atoms with Gasteiger partial charge in [0.1, 0.15) is 16.6 Å². The molecule has 1 aliphatic heterocycles. The zero-order chi connectivity index (χ0) is 19.1. The van der Waals surface area contributed by atoms with Crippen molar-refractivity contribution >= 4 is 51.6 Å². The molecule has 0 spiro atoms. The Balaban J connectivity index is 1.72. The van der Waals surface area contributed by atoms with Crippen molar-refractivity contribution in [1.82, 2.24) is 4.98 Å². The normalized spacial score (nSPS) is 14.3. The Kier molecular flexibility index (Phi) is 4.68. The summed E-state index contributed by atoms with van der Waals surface area (Å²) in [5, 5.41) is 20.5. The predicted octanol–water partition coefficient (Wildman–Crippen LogP) is 6.19. The molecule has 2 N–H and O–H groups in total. The summed E-state index contributed by atoms with van der Waals surface area (Å²) in [6.07, 6.45) is 0. The van der Waals surface area contributed by atoms with Crippen LogP contribution in [-0.2, 0) is 0 Å². The minimum atomic E-state index is 0.101. The van der Waals surface area contributed by atoms with Crippen LogP contribution in [0, 0.1) is 12.3 Å². The Bertz CT molecular complexity index is 1080. The minimum absolute atomic E-state index is 0.101. The van der Waals surface area contributed by atoms with Gasteiger partial charge in [-0.15, -0.1) is 11.3 Å². The maximum atomic E-state index is 10.6. The van der Waals surface area contributed by atoms with Crippen molar-refractivity contribution in [1.29, 1.82) is 5.41 Å². The van der Waals surface area contributed by atoms with Crippen molar-refractivity contribution in [3.8, 4) is 11.3 Å². The van der Waals surface area contributed by atoms with E-state index in [4.69, 9.17) is 33.6 Å². The number of nitrogens with one attached hydrogen (secondary N) is 1. The number of amidine groups is 1. The molecule has 2 heterocycles. The Morgan fingerprint density at radius 1 is 1.11 bits per heavy atom. The van der Waals surface area contributed by atoms with E-state index in [-0.39, 0.29) is 18.1 Å². The first kappa shape index (κ1) is 18.0. The number of aromatic nitrogens is 1. The quantitative estimate of drug-likeness (QED) is 0.535. The zero-order valence-electron chi connectivity index (χ0n) is 14.3. The molecule has 27 heavy (non-hydrogen) atoms. The van der Waals surface area contributed by atoms with Crippen molar-refractivity contribution in [3.05, 3.63) is 74.2 Å². The third-order valence-corrected chi connectivity index (χ3v) is 6.18. The summed E-state index contributed by atoms with van der Waals surface area (Å²) in [6.45, 7) is 2.15. The van der Waals surface area contributed by atoms with Crippen molar-refractivity contribution < 1.29 is 5.11 Å². The van der Waals surface area contributed by atoms with Gasteiger partial charge in [0.25, 0.3) is 0 Å². The second-order valence-corrected chi connectivity index (χ2v) is 8.11. The molecule has 0 bridgehead atoms. The molecule has 0 aliphatic carbocycles. The lowest BCUT2D eigenvalue weighted by Crippen LogP contribution is -2.26. The molecule has 1 aromatic heterocycles. The van der Waals surface area contributed by atoms with Crippen molar-refractivity contribution in [2.45, 2.75) is 6.92 Å². The van der Waals surface area contributed by atoms with Crippen molar-refractivity contribution in [2.24, 2.45) is 0 Å². The molecule has 0 radical (unpaired) electrons. The molecule has 2 aromatic carbocycles. The number of hydrogen-bond acceptors (Lipinski definition) is 4. The molecular weight excluding hydrogens is 401 g/mol. The van der Waals surface area contributed by atoms with Crippen LogP contribution in [0.1, 0.15) is 9.88 Å². The fourth-order valence-corrected chi connectivity index (χ4v) is 4.48. The molecular formula is C20H15Cl2N3OS. The van der Waals surface area contributed by atoms with Crippen LogP contribution >= 0.6 is 34.5 Å². The van der Waals surface area contributed by atoms with E-state index in [1.165, 1.54) is 11.3 Å². The number of hydrogen-bond donors (Lipinski definition) is 2. The van der Waals surface area contributed by atoms with Crippen LogP contribution in [0.2, 0.25) is 10.0 Å². The minimum Gasteiger partial charge on any atom is -0.510 e. The first-order valence-corrected chi connectivity index (χ1v) is 9.80. The van der Waals surface area contributed by atoms with E-state index in [0.717, 1.165) is 16.1 Å². The highest BCUT2D eigenvalue weighted by molar-refractivity contribution is 7.13. The third-order valence-electron chi connectivity index (χ3n) is 4.38. The third kappa shape index (κ3) is 3.12. The SMILES string of the molecule is Cc1sc(C2=C(O)CN(c3cccc(Cl)c3Cl)C2=N)nc1-c1ccccc1. The van der Waals surface area contributed by atoms with Gasteiger partial charge in [0.2, 0.25) is 0 Å². The number of halogens is 2. The highest BCUT2D eigenvalue weighted by Gasteiger charge is 2.33. The summed E-state index contributed by atoms with van der Waals surface area (Å²) >= 11 is 13.9. The largest absolute Gasteiger partial charge is 0.510 e. The number of thiazole rings is 1. The fraction of sp³-hybridized carbons (Fsp3) is 0.100. The number of nitrogens with zero attached hydrogens (tertiary/aromatic N) is 2. The van der Waals surface area contributed by atoms with Gasteiger partial charge in [-0.25, -0.2) is 4.98 Å². The molecule has 0 saturated heterocycles. The summed E-state index contributed by atoms with van der Waals surface area (Å²) in [7, 11) is 0. The van der Waals surface area contributed by atoms with Crippen molar-refractivity contribution in [3.63, 3.8) is 0 Å². The second kappa shape index (κ2) is 7.00. The van der Waals surface area contributed by atoms with Crippen LogP contribution in [0.3, 0.4) is 0 Å². The molecule has 136 valence electrons. The Hall–Kier alpha value is -2.34. The van der Waals surface area contributed by atoms with Crippen LogP contribution in [0.5, 0.6) is 0 Å². The number of aryl methyl sites for hydroxylation is 1.